The lowest BCUT2D eigenvalue weighted by molar-refractivity contribution is -0.137. The van der Waals surface area contributed by atoms with Crippen molar-refractivity contribution in [3.8, 4) is 5.75 Å². The second-order valence-electron chi connectivity index (χ2n) is 3.18. The highest BCUT2D eigenvalue weighted by molar-refractivity contribution is 6.34. The lowest BCUT2D eigenvalue weighted by Gasteiger charge is -2.07. The molecule has 17 heavy (non-hydrogen) atoms. The molecule has 0 aliphatic heterocycles. The van der Waals surface area contributed by atoms with Crippen molar-refractivity contribution in [2.45, 2.75) is 13.8 Å². The first-order valence-electron chi connectivity index (χ1n) is 5.01. The molecule has 0 atom stereocenters. The molecule has 0 unspecified atom stereocenters. The fourth-order valence-corrected chi connectivity index (χ4v) is 1.43. The van der Waals surface area contributed by atoms with Gasteiger partial charge in [-0.15, -0.1) is 0 Å². The van der Waals surface area contributed by atoms with Gasteiger partial charge in [-0.05, 0) is 26.0 Å². The van der Waals surface area contributed by atoms with Gasteiger partial charge in [-0.25, -0.2) is 4.79 Å². The highest BCUT2D eigenvalue weighted by Crippen LogP contribution is 2.28. The van der Waals surface area contributed by atoms with Crippen LogP contribution in [0.1, 0.15) is 13.8 Å². The zero-order valence-electron chi connectivity index (χ0n) is 9.50. The molecule has 0 fully saturated rings. The molecule has 1 aromatic rings. The summed E-state index contributed by atoms with van der Waals surface area (Å²) in [5.41, 5.74) is 0. The van der Waals surface area contributed by atoms with Gasteiger partial charge in [-0.3, -0.25) is 0 Å². The molecule has 0 heterocycles. The van der Waals surface area contributed by atoms with E-state index < -0.39 is 5.97 Å². The molecule has 0 saturated heterocycles. The number of halogens is 2. The highest BCUT2D eigenvalue weighted by atomic mass is 35.5. The Kier molecular flexibility index (Phi) is 5.32. The normalized spacial score (nSPS) is 11.2. The Bertz CT molecular complexity index is 441. The summed E-state index contributed by atoms with van der Waals surface area (Å²) in [5.74, 6) is 0.327. The van der Waals surface area contributed by atoms with Crippen LogP contribution in [0, 0.1) is 0 Å². The van der Waals surface area contributed by atoms with Crippen molar-refractivity contribution in [1.82, 2.24) is 0 Å². The van der Waals surface area contributed by atoms with E-state index in [1.165, 1.54) is 6.08 Å². The van der Waals surface area contributed by atoms with Gasteiger partial charge in [-0.1, -0.05) is 23.2 Å². The molecule has 0 aliphatic carbocycles. The molecule has 0 amide bonds. The quantitative estimate of drug-likeness (QED) is 0.476. The second-order valence-corrected chi connectivity index (χ2v) is 4.03. The number of carbonyl (C=O) groups excluding carboxylic acids is 1. The van der Waals surface area contributed by atoms with Crippen molar-refractivity contribution in [3.05, 3.63) is 40.1 Å². The summed E-state index contributed by atoms with van der Waals surface area (Å²) in [5, 5.41) is 0.930. The van der Waals surface area contributed by atoms with Gasteiger partial charge in [0.2, 0.25) is 0 Å². The second kappa shape index (κ2) is 6.52. The molecule has 0 radical (unpaired) electrons. The standard InChI is InChI=1S/C12H12Cl2O3/c1-3-16-12(15)6-8(2)17-11-7-9(13)4-5-10(11)14/h4-7H,3H2,1-2H3. The van der Waals surface area contributed by atoms with Crippen molar-refractivity contribution in [2.75, 3.05) is 6.61 Å². The predicted molar refractivity (Wildman–Crippen MR) is 67.5 cm³/mol. The van der Waals surface area contributed by atoms with Crippen LogP contribution in [0.5, 0.6) is 5.75 Å². The maximum absolute atomic E-state index is 11.2. The third-order valence-electron chi connectivity index (χ3n) is 1.77. The van der Waals surface area contributed by atoms with Crippen molar-refractivity contribution < 1.29 is 14.3 Å². The number of carbonyl (C=O) groups is 1. The van der Waals surface area contributed by atoms with Crippen LogP contribution in [-0.4, -0.2) is 12.6 Å². The third-order valence-corrected chi connectivity index (χ3v) is 2.32. The van der Waals surface area contributed by atoms with Crippen LogP contribution in [0.3, 0.4) is 0 Å². The zero-order valence-corrected chi connectivity index (χ0v) is 11.0. The predicted octanol–water partition coefficient (Wildman–Crippen LogP) is 3.84. The first-order valence-corrected chi connectivity index (χ1v) is 5.76. The van der Waals surface area contributed by atoms with Crippen LogP contribution < -0.4 is 4.74 Å². The number of rotatable bonds is 4. The smallest absolute Gasteiger partial charge is 0.334 e. The van der Waals surface area contributed by atoms with Gasteiger partial charge in [0.1, 0.15) is 11.5 Å². The van der Waals surface area contributed by atoms with E-state index in [9.17, 15) is 4.79 Å². The molecule has 5 heteroatoms. The molecule has 0 bridgehead atoms. The van der Waals surface area contributed by atoms with Crippen LogP contribution in [0.15, 0.2) is 30.0 Å². The van der Waals surface area contributed by atoms with E-state index >= 15 is 0 Å². The van der Waals surface area contributed by atoms with Gasteiger partial charge in [0, 0.05) is 11.1 Å². The molecule has 0 spiro atoms. The minimum atomic E-state index is -0.455. The Morgan fingerprint density at radius 3 is 2.76 bits per heavy atom. The van der Waals surface area contributed by atoms with Gasteiger partial charge in [0.05, 0.1) is 17.7 Å². The molecular weight excluding hydrogens is 263 g/mol. The lowest BCUT2D eigenvalue weighted by Crippen LogP contribution is -2.02. The summed E-state index contributed by atoms with van der Waals surface area (Å²) in [4.78, 5) is 11.2. The summed E-state index contributed by atoms with van der Waals surface area (Å²) in [6.45, 7) is 3.68. The topological polar surface area (TPSA) is 35.5 Å². The summed E-state index contributed by atoms with van der Waals surface area (Å²) in [7, 11) is 0. The maximum Gasteiger partial charge on any atom is 0.334 e. The monoisotopic (exact) mass is 274 g/mol. The van der Waals surface area contributed by atoms with Crippen molar-refractivity contribution in [1.29, 1.82) is 0 Å². The summed E-state index contributed by atoms with van der Waals surface area (Å²) >= 11 is 11.7. The number of allylic oxidation sites excluding steroid dienone is 1. The van der Waals surface area contributed by atoms with Crippen LogP contribution in [0.4, 0.5) is 0 Å². The number of esters is 1. The van der Waals surface area contributed by atoms with Crippen LogP contribution in [-0.2, 0) is 9.53 Å². The van der Waals surface area contributed by atoms with Crippen molar-refractivity contribution in [2.24, 2.45) is 0 Å². The van der Waals surface area contributed by atoms with Crippen LogP contribution >= 0.6 is 23.2 Å². The van der Waals surface area contributed by atoms with E-state index in [0.29, 0.717) is 28.2 Å². The number of hydrogen-bond acceptors (Lipinski definition) is 3. The molecule has 0 aromatic heterocycles. The van der Waals surface area contributed by atoms with Gasteiger partial charge in [0.25, 0.3) is 0 Å². The van der Waals surface area contributed by atoms with Gasteiger partial charge < -0.3 is 9.47 Å². The van der Waals surface area contributed by atoms with E-state index in [2.05, 4.69) is 0 Å². The minimum Gasteiger partial charge on any atom is -0.463 e. The Morgan fingerprint density at radius 2 is 2.12 bits per heavy atom. The zero-order chi connectivity index (χ0) is 12.8. The highest BCUT2D eigenvalue weighted by Gasteiger charge is 2.05. The Balaban J connectivity index is 2.77. The Labute approximate surface area is 110 Å². The number of ether oxygens (including phenoxy) is 2. The lowest BCUT2D eigenvalue weighted by atomic mass is 10.3. The molecule has 92 valence electrons. The van der Waals surface area contributed by atoms with E-state index in [4.69, 9.17) is 32.7 Å². The van der Waals surface area contributed by atoms with Gasteiger partial charge in [-0.2, -0.15) is 0 Å². The van der Waals surface area contributed by atoms with Crippen LogP contribution in [0.25, 0.3) is 0 Å². The molecule has 3 nitrogen and oxygen atoms in total. The molecule has 0 aliphatic rings. The first-order chi connectivity index (χ1) is 8.02. The fourth-order valence-electron chi connectivity index (χ4n) is 1.11. The maximum atomic E-state index is 11.2. The average molecular weight is 275 g/mol. The first kappa shape index (κ1) is 13.9. The van der Waals surface area contributed by atoms with Gasteiger partial charge >= 0.3 is 5.97 Å². The summed E-state index contributed by atoms with van der Waals surface area (Å²) in [6, 6.07) is 4.85. The van der Waals surface area contributed by atoms with Gasteiger partial charge in [0.15, 0.2) is 0 Å². The molecule has 0 N–H and O–H groups in total. The number of benzene rings is 1. The molecular formula is C12H12Cl2O3. The Morgan fingerprint density at radius 1 is 1.41 bits per heavy atom. The van der Waals surface area contributed by atoms with Crippen LogP contribution in [0.2, 0.25) is 10.0 Å². The average Bonchev–Trinajstić information content (AvgIpc) is 2.23. The fraction of sp³-hybridized carbons (Fsp3) is 0.250. The van der Waals surface area contributed by atoms with Crippen molar-refractivity contribution >= 4 is 29.2 Å². The molecule has 0 saturated carbocycles. The van der Waals surface area contributed by atoms with E-state index in [1.807, 2.05) is 0 Å². The number of hydrogen-bond donors (Lipinski definition) is 0. The molecule has 1 rings (SSSR count). The SMILES string of the molecule is CCOC(=O)C=C(C)Oc1cc(Cl)ccc1Cl. The van der Waals surface area contributed by atoms with Crippen molar-refractivity contribution in [3.63, 3.8) is 0 Å². The summed E-state index contributed by atoms with van der Waals surface area (Å²) in [6.07, 6.45) is 1.25. The van der Waals surface area contributed by atoms with E-state index in [-0.39, 0.29) is 0 Å². The summed E-state index contributed by atoms with van der Waals surface area (Å²) < 4.78 is 10.1. The largest absolute Gasteiger partial charge is 0.463 e. The van der Waals surface area contributed by atoms with E-state index in [1.54, 1.807) is 32.0 Å². The minimum absolute atomic E-state index is 0.320. The molecule has 1 aromatic carbocycles. The third kappa shape index (κ3) is 4.67. The van der Waals surface area contributed by atoms with E-state index in [0.717, 1.165) is 0 Å². The Hall–Kier alpha value is -1.19.